The van der Waals surface area contributed by atoms with Gasteiger partial charge in [0.1, 0.15) is 48.9 Å². The number of aldehydes is 1. The molecule has 0 aromatic rings. The lowest BCUT2D eigenvalue weighted by molar-refractivity contribution is -0.268. The minimum absolute atomic E-state index is 0.148. The van der Waals surface area contributed by atoms with E-state index >= 15 is 0 Å². The molecule has 0 aromatic heterocycles. The van der Waals surface area contributed by atoms with Gasteiger partial charge in [-0.25, -0.2) is 4.79 Å². The third-order valence-electron chi connectivity index (χ3n) is 4.98. The zero-order chi connectivity index (χ0) is 26.2. The summed E-state index contributed by atoms with van der Waals surface area (Å²) in [4.78, 5) is 47.0. The van der Waals surface area contributed by atoms with E-state index in [4.69, 9.17) is 19.3 Å². The molecule has 1 saturated heterocycles. The number of ether oxygens (including phenoxy) is 3. The second kappa shape index (κ2) is 13.6. The van der Waals surface area contributed by atoms with E-state index in [0.717, 1.165) is 20.8 Å². The number of carbonyl (C=O) groups excluding carboxylic acids is 4. The molecule has 34 heavy (non-hydrogen) atoms. The number of hydrogen-bond acceptors (Lipinski definition) is 13. The van der Waals surface area contributed by atoms with Crippen molar-refractivity contribution in [2.75, 3.05) is 13.2 Å². The Balaban J connectivity index is 3.10. The summed E-state index contributed by atoms with van der Waals surface area (Å²) in [5.74, 6) is -2.58. The molecule has 0 spiro atoms. The number of aliphatic hydroxyl groups excluding tert-OH is 6. The molecule has 0 radical (unpaired) electrons. The summed E-state index contributed by atoms with van der Waals surface area (Å²) in [6.07, 6.45) is -13.2. The van der Waals surface area contributed by atoms with Crippen LogP contribution in [0.4, 0.5) is 0 Å². The van der Waals surface area contributed by atoms with Gasteiger partial charge in [0.2, 0.25) is 11.8 Å². The number of rotatable bonds is 12. The lowest BCUT2D eigenvalue weighted by atomic mass is 9.96. The highest BCUT2D eigenvalue weighted by molar-refractivity contribution is 5.79. The smallest absolute Gasteiger partial charge is 0.335 e. The Kier molecular flexibility index (Phi) is 11.9. The highest BCUT2D eigenvalue weighted by Gasteiger charge is 2.47. The molecule has 0 aliphatic carbocycles. The Morgan fingerprint density at radius 3 is 2.21 bits per heavy atom. The van der Waals surface area contributed by atoms with Crippen LogP contribution in [-0.4, -0.2) is 129 Å². The van der Waals surface area contributed by atoms with Crippen molar-refractivity contribution in [1.82, 2.24) is 10.6 Å². The Bertz CT molecular complexity index is 708. The van der Waals surface area contributed by atoms with E-state index in [1.165, 1.54) is 0 Å². The molecule has 0 bridgehead atoms. The molecule has 0 saturated carbocycles. The first-order valence-corrected chi connectivity index (χ1v) is 10.3. The topological polar surface area (TPSA) is 241 Å². The van der Waals surface area contributed by atoms with E-state index in [1.54, 1.807) is 0 Å². The number of amides is 2. The third kappa shape index (κ3) is 7.92. The molecule has 1 aliphatic heterocycles. The fourth-order valence-corrected chi connectivity index (χ4v) is 3.27. The van der Waals surface area contributed by atoms with Crippen LogP contribution in [0.3, 0.4) is 0 Å². The van der Waals surface area contributed by atoms with Crippen molar-refractivity contribution in [3.05, 3.63) is 0 Å². The Morgan fingerprint density at radius 2 is 1.74 bits per heavy atom. The number of hydrogen-bond donors (Lipinski definition) is 8. The number of aliphatic hydroxyl groups is 6. The average molecular weight is 496 g/mol. The maximum Gasteiger partial charge on any atom is 0.335 e. The van der Waals surface area contributed by atoms with Gasteiger partial charge in [-0.3, -0.25) is 9.59 Å². The SMILES string of the molecule is CC(=O)N[C@@H]1[C@@H](OC(C)C(=O)O[C@@H]([C@@H](O)[C@H](O)CO)[C@H](C=O)NC(C)=O)[C@H](O)[C@@H](CO)O[C@@H]1O. The number of carbonyl (C=O) groups is 4. The number of nitrogens with one attached hydrogen (secondary N) is 2. The van der Waals surface area contributed by atoms with Crippen LogP contribution in [-0.2, 0) is 33.4 Å². The van der Waals surface area contributed by atoms with Crippen LogP contribution in [0.5, 0.6) is 0 Å². The zero-order valence-corrected chi connectivity index (χ0v) is 18.8. The molecule has 15 heteroatoms. The van der Waals surface area contributed by atoms with Crippen molar-refractivity contribution in [1.29, 1.82) is 0 Å². The highest BCUT2D eigenvalue weighted by atomic mass is 16.6. The molecular weight excluding hydrogens is 464 g/mol. The van der Waals surface area contributed by atoms with E-state index in [0.29, 0.717) is 0 Å². The van der Waals surface area contributed by atoms with Crippen molar-refractivity contribution < 1.29 is 64.0 Å². The number of esters is 1. The van der Waals surface area contributed by atoms with Crippen molar-refractivity contribution in [3.8, 4) is 0 Å². The molecule has 1 fully saturated rings. The molecule has 8 N–H and O–H groups in total. The Morgan fingerprint density at radius 1 is 1.12 bits per heavy atom. The molecule has 1 aliphatic rings. The van der Waals surface area contributed by atoms with Crippen LogP contribution >= 0.6 is 0 Å². The van der Waals surface area contributed by atoms with Gasteiger partial charge in [-0.05, 0) is 6.92 Å². The molecule has 1 unspecified atom stereocenters. The van der Waals surface area contributed by atoms with Crippen LogP contribution in [0.25, 0.3) is 0 Å². The summed E-state index contributed by atoms with van der Waals surface area (Å²) in [6.45, 7) is 1.63. The van der Waals surface area contributed by atoms with E-state index in [2.05, 4.69) is 10.6 Å². The lowest BCUT2D eigenvalue weighted by Gasteiger charge is -2.43. The Labute approximate surface area is 194 Å². The van der Waals surface area contributed by atoms with E-state index in [1.807, 2.05) is 0 Å². The minimum Gasteiger partial charge on any atom is -0.455 e. The molecule has 15 nitrogen and oxygen atoms in total. The fourth-order valence-electron chi connectivity index (χ4n) is 3.27. The predicted octanol–water partition coefficient (Wildman–Crippen LogP) is -5.34. The normalized spacial score (nSPS) is 29.1. The first kappa shape index (κ1) is 29.8. The molecular formula is C19H32N2O13. The largest absolute Gasteiger partial charge is 0.455 e. The van der Waals surface area contributed by atoms with Gasteiger partial charge in [0.05, 0.1) is 13.2 Å². The van der Waals surface area contributed by atoms with Crippen LogP contribution in [0.2, 0.25) is 0 Å². The van der Waals surface area contributed by atoms with E-state index < -0.39 is 92.1 Å². The average Bonchev–Trinajstić information content (AvgIpc) is 2.78. The standard InChI is InChI=1S/C19H32N2O13/c1-7(32-17-13(21-9(3)26)19(31)33-12(6-24)15(17)29)18(30)34-16(14(28)11(27)5-23)10(4-22)20-8(2)25/h4,7,10-17,19,23-24,27-29,31H,5-6H2,1-3H3,(H,20,25)(H,21,26)/t7?,10-,11+,12+,13+,14-,15+,16+,17+,19-/m0/s1. The maximum absolute atomic E-state index is 12.7. The van der Waals surface area contributed by atoms with Crippen LogP contribution in [0, 0.1) is 0 Å². The summed E-state index contributed by atoms with van der Waals surface area (Å²) in [5.41, 5.74) is 0. The van der Waals surface area contributed by atoms with Crippen molar-refractivity contribution in [3.63, 3.8) is 0 Å². The maximum atomic E-state index is 12.7. The first-order chi connectivity index (χ1) is 15.9. The summed E-state index contributed by atoms with van der Waals surface area (Å²) >= 11 is 0. The minimum atomic E-state index is -2.00. The van der Waals surface area contributed by atoms with E-state index in [9.17, 15) is 44.7 Å². The lowest BCUT2D eigenvalue weighted by Crippen LogP contribution is -2.65. The third-order valence-corrected chi connectivity index (χ3v) is 4.98. The van der Waals surface area contributed by atoms with Crippen molar-refractivity contribution in [2.24, 2.45) is 0 Å². The van der Waals surface area contributed by atoms with Gasteiger partial charge >= 0.3 is 5.97 Å². The molecule has 2 amide bonds. The molecule has 0 aromatic carbocycles. The molecule has 1 heterocycles. The van der Waals surface area contributed by atoms with Gasteiger partial charge in [-0.1, -0.05) is 0 Å². The monoisotopic (exact) mass is 496 g/mol. The van der Waals surface area contributed by atoms with Gasteiger partial charge in [-0.2, -0.15) is 0 Å². The summed E-state index contributed by atoms with van der Waals surface area (Å²) < 4.78 is 15.6. The highest BCUT2D eigenvalue weighted by Crippen LogP contribution is 2.24. The second-order valence-electron chi connectivity index (χ2n) is 7.71. The summed E-state index contributed by atoms with van der Waals surface area (Å²) in [6, 6.07) is -2.96. The van der Waals surface area contributed by atoms with Crippen LogP contribution in [0.1, 0.15) is 20.8 Å². The molecule has 10 atom stereocenters. The fraction of sp³-hybridized carbons (Fsp3) is 0.789. The quantitative estimate of drug-likeness (QED) is 0.0931. The van der Waals surface area contributed by atoms with Gasteiger partial charge in [0.25, 0.3) is 0 Å². The van der Waals surface area contributed by atoms with Gasteiger partial charge in [-0.15, -0.1) is 0 Å². The van der Waals surface area contributed by atoms with Gasteiger partial charge in [0.15, 0.2) is 18.5 Å². The molecule has 196 valence electrons. The van der Waals surface area contributed by atoms with Crippen molar-refractivity contribution in [2.45, 2.75) is 81.9 Å². The van der Waals surface area contributed by atoms with Crippen LogP contribution < -0.4 is 10.6 Å². The second-order valence-corrected chi connectivity index (χ2v) is 7.71. The first-order valence-electron chi connectivity index (χ1n) is 10.3. The predicted molar refractivity (Wildman–Crippen MR) is 109 cm³/mol. The summed E-state index contributed by atoms with van der Waals surface area (Å²) in [7, 11) is 0. The Hall–Kier alpha value is -2.24. The zero-order valence-electron chi connectivity index (χ0n) is 18.8. The summed E-state index contributed by atoms with van der Waals surface area (Å²) in [5, 5.41) is 63.4. The van der Waals surface area contributed by atoms with Crippen molar-refractivity contribution >= 4 is 24.1 Å². The molecule has 1 rings (SSSR count). The van der Waals surface area contributed by atoms with Crippen LogP contribution in [0.15, 0.2) is 0 Å². The van der Waals surface area contributed by atoms with E-state index in [-0.39, 0.29) is 6.29 Å². The van der Waals surface area contributed by atoms with Gasteiger partial charge < -0.3 is 60.3 Å². The van der Waals surface area contributed by atoms with Gasteiger partial charge in [0, 0.05) is 13.8 Å².